The maximum absolute atomic E-state index is 12.8. The number of nitrogens with one attached hydrogen (secondary N) is 2. The molecule has 2 atom stereocenters. The third-order valence-electron chi connectivity index (χ3n) is 5.93. The van der Waals surface area contributed by atoms with E-state index in [4.69, 9.17) is 9.47 Å². The average Bonchev–Trinajstić information content (AvgIpc) is 2.99. The minimum Gasteiger partial charge on any atom is -0.489 e. The highest BCUT2D eigenvalue weighted by molar-refractivity contribution is 7.88. The predicted octanol–water partition coefficient (Wildman–Crippen LogP) is 0.898. The van der Waals surface area contributed by atoms with Gasteiger partial charge in [-0.25, -0.2) is 13.1 Å². The Morgan fingerprint density at radius 1 is 1.22 bits per heavy atom. The van der Waals surface area contributed by atoms with E-state index in [2.05, 4.69) is 14.9 Å². The van der Waals surface area contributed by atoms with Crippen molar-refractivity contribution >= 4 is 15.9 Å². The Hall–Kier alpha value is -1.88. The highest BCUT2D eigenvalue weighted by Crippen LogP contribution is 2.36. The Balaban J connectivity index is 1.45. The molecule has 32 heavy (non-hydrogen) atoms. The first kappa shape index (κ1) is 24.8. The second-order valence-electron chi connectivity index (χ2n) is 8.64. The lowest BCUT2D eigenvalue weighted by Crippen LogP contribution is -2.47. The molecule has 3 N–H and O–H groups in total. The maximum atomic E-state index is 12.8. The monoisotopic (exact) mass is 469 g/mol. The summed E-state index contributed by atoms with van der Waals surface area (Å²) in [4.78, 5) is 15.0. The SMILES string of the molecule is Cc1ccc(C(=O)NC[C@@H]2CCN(CCCCNS(C)(=O)=O)C[C@H]2O)c2c1OCCCO2. The molecule has 9 nitrogen and oxygen atoms in total. The molecule has 1 aromatic carbocycles. The zero-order valence-corrected chi connectivity index (χ0v) is 19.7. The molecule has 0 spiro atoms. The van der Waals surface area contributed by atoms with Crippen molar-refractivity contribution in [2.24, 2.45) is 5.92 Å². The third kappa shape index (κ3) is 7.06. The number of carbonyl (C=O) groups excluding carboxylic acids is 1. The molecule has 0 radical (unpaired) electrons. The van der Waals surface area contributed by atoms with Gasteiger partial charge in [0.25, 0.3) is 5.91 Å². The number of fused-ring (bicyclic) bond motifs is 1. The Labute approximate surface area is 190 Å². The van der Waals surface area contributed by atoms with Gasteiger partial charge in [-0.2, -0.15) is 0 Å². The summed E-state index contributed by atoms with van der Waals surface area (Å²) < 4.78 is 36.2. The number of unbranched alkanes of at least 4 members (excludes halogenated alkanes) is 1. The van der Waals surface area contributed by atoms with Crippen LogP contribution in [0.15, 0.2) is 12.1 Å². The second kappa shape index (κ2) is 11.3. The van der Waals surface area contributed by atoms with Gasteiger partial charge >= 0.3 is 0 Å². The fraction of sp³-hybridized carbons (Fsp3) is 0.682. The van der Waals surface area contributed by atoms with Gasteiger partial charge in [-0.05, 0) is 50.9 Å². The van der Waals surface area contributed by atoms with Crippen molar-refractivity contribution in [3.05, 3.63) is 23.3 Å². The van der Waals surface area contributed by atoms with Crippen LogP contribution in [0.1, 0.15) is 41.6 Å². The van der Waals surface area contributed by atoms with E-state index in [1.807, 2.05) is 13.0 Å². The minimum absolute atomic E-state index is 0.0108. The standard InChI is InChI=1S/C22H35N3O6S/c1-16-6-7-18(21-20(16)30-12-5-13-31-21)22(27)23-14-17-8-11-25(15-19(17)26)10-4-3-9-24-32(2,28)29/h6-7,17,19,24,26H,3-5,8-15H2,1-2H3,(H,23,27)/t17-,19+/m0/s1. The van der Waals surface area contributed by atoms with E-state index in [-0.39, 0.29) is 11.8 Å². The number of aliphatic hydroxyl groups excluding tert-OH is 1. The van der Waals surface area contributed by atoms with Crippen LogP contribution in [-0.2, 0) is 10.0 Å². The van der Waals surface area contributed by atoms with E-state index >= 15 is 0 Å². The normalized spacial score (nSPS) is 21.7. The summed E-state index contributed by atoms with van der Waals surface area (Å²) in [5, 5.41) is 13.5. The van der Waals surface area contributed by atoms with Crippen molar-refractivity contribution in [1.82, 2.24) is 14.9 Å². The van der Waals surface area contributed by atoms with Gasteiger partial charge in [0.2, 0.25) is 10.0 Å². The Bertz CT molecular complexity index is 892. The van der Waals surface area contributed by atoms with Crippen molar-refractivity contribution in [2.45, 2.75) is 38.7 Å². The van der Waals surface area contributed by atoms with Gasteiger partial charge in [0.15, 0.2) is 11.5 Å². The fourth-order valence-electron chi connectivity index (χ4n) is 4.09. The molecule has 1 fully saturated rings. The van der Waals surface area contributed by atoms with Crippen LogP contribution in [0.5, 0.6) is 11.5 Å². The van der Waals surface area contributed by atoms with E-state index in [0.717, 1.165) is 50.6 Å². The molecular formula is C22H35N3O6S. The molecule has 3 rings (SSSR count). The van der Waals surface area contributed by atoms with Crippen molar-refractivity contribution in [1.29, 1.82) is 0 Å². The van der Waals surface area contributed by atoms with Gasteiger partial charge in [-0.15, -0.1) is 0 Å². The first-order chi connectivity index (χ1) is 15.2. The molecule has 0 aliphatic carbocycles. The minimum atomic E-state index is -3.14. The van der Waals surface area contributed by atoms with Gasteiger partial charge in [0.1, 0.15) is 0 Å². The molecule has 1 aromatic rings. The molecule has 1 saturated heterocycles. The van der Waals surface area contributed by atoms with Crippen LogP contribution >= 0.6 is 0 Å². The number of ether oxygens (including phenoxy) is 2. The number of carbonyl (C=O) groups is 1. The van der Waals surface area contributed by atoms with E-state index < -0.39 is 16.1 Å². The lowest BCUT2D eigenvalue weighted by molar-refractivity contribution is 0.0216. The number of rotatable bonds is 9. The van der Waals surface area contributed by atoms with Crippen LogP contribution < -0.4 is 19.5 Å². The van der Waals surface area contributed by atoms with E-state index in [1.54, 1.807) is 6.07 Å². The Morgan fingerprint density at radius 2 is 1.97 bits per heavy atom. The number of hydrogen-bond acceptors (Lipinski definition) is 7. The molecule has 2 heterocycles. The van der Waals surface area contributed by atoms with Gasteiger partial charge in [-0.3, -0.25) is 4.79 Å². The summed E-state index contributed by atoms with van der Waals surface area (Å²) in [5.41, 5.74) is 1.40. The summed E-state index contributed by atoms with van der Waals surface area (Å²) in [6.07, 6.45) is 3.81. The van der Waals surface area contributed by atoms with Gasteiger partial charge in [0, 0.05) is 32.0 Å². The van der Waals surface area contributed by atoms with Gasteiger partial charge in [0.05, 0.1) is 31.1 Å². The number of β-amino-alcohol motifs (C(OH)–C–C–N with tert-alkyl or cyclic N) is 1. The molecule has 0 aromatic heterocycles. The summed E-state index contributed by atoms with van der Waals surface area (Å²) in [7, 11) is -3.14. The summed E-state index contributed by atoms with van der Waals surface area (Å²) >= 11 is 0. The van der Waals surface area contributed by atoms with Gasteiger partial charge < -0.3 is 24.8 Å². The molecule has 0 unspecified atom stereocenters. The average molecular weight is 470 g/mol. The summed E-state index contributed by atoms with van der Waals surface area (Å²) in [6, 6.07) is 3.62. The molecule has 0 bridgehead atoms. The number of sulfonamides is 1. The number of hydrogen-bond donors (Lipinski definition) is 3. The van der Waals surface area contributed by atoms with Gasteiger partial charge in [-0.1, -0.05) is 6.07 Å². The molecule has 10 heteroatoms. The second-order valence-corrected chi connectivity index (χ2v) is 10.5. The summed E-state index contributed by atoms with van der Waals surface area (Å²) in [6.45, 7) is 6.05. The van der Waals surface area contributed by atoms with E-state index in [9.17, 15) is 18.3 Å². The fourth-order valence-corrected chi connectivity index (χ4v) is 4.61. The van der Waals surface area contributed by atoms with E-state index in [1.165, 1.54) is 0 Å². The third-order valence-corrected chi connectivity index (χ3v) is 6.66. The first-order valence-electron chi connectivity index (χ1n) is 11.3. The first-order valence-corrected chi connectivity index (χ1v) is 13.2. The van der Waals surface area contributed by atoms with Crippen molar-refractivity contribution < 1.29 is 27.8 Å². The smallest absolute Gasteiger partial charge is 0.255 e. The number of piperidine rings is 1. The Morgan fingerprint density at radius 3 is 2.69 bits per heavy atom. The Kier molecular flexibility index (Phi) is 8.75. The van der Waals surface area contributed by atoms with Crippen molar-refractivity contribution in [2.75, 3.05) is 52.2 Å². The molecule has 180 valence electrons. The topological polar surface area (TPSA) is 117 Å². The number of benzene rings is 1. The number of aryl methyl sites for hydroxylation is 1. The molecule has 0 saturated carbocycles. The highest BCUT2D eigenvalue weighted by Gasteiger charge is 2.28. The van der Waals surface area contributed by atoms with Crippen LogP contribution in [0.2, 0.25) is 0 Å². The van der Waals surface area contributed by atoms with Crippen LogP contribution in [0.4, 0.5) is 0 Å². The maximum Gasteiger partial charge on any atom is 0.255 e. The molecule has 2 aliphatic rings. The van der Waals surface area contributed by atoms with Crippen LogP contribution in [-0.4, -0.2) is 82.6 Å². The summed E-state index contributed by atoms with van der Waals surface area (Å²) in [5.74, 6) is 0.902. The lowest BCUT2D eigenvalue weighted by Gasteiger charge is -2.36. The van der Waals surface area contributed by atoms with Crippen LogP contribution in [0, 0.1) is 12.8 Å². The lowest BCUT2D eigenvalue weighted by atomic mass is 9.93. The van der Waals surface area contributed by atoms with Crippen molar-refractivity contribution in [3.8, 4) is 11.5 Å². The number of likely N-dealkylation sites (tertiary alicyclic amines) is 1. The van der Waals surface area contributed by atoms with Crippen LogP contribution in [0.3, 0.4) is 0 Å². The highest BCUT2D eigenvalue weighted by atomic mass is 32.2. The molecule has 1 amide bonds. The number of nitrogens with zero attached hydrogens (tertiary/aromatic N) is 1. The zero-order chi connectivity index (χ0) is 23.1. The van der Waals surface area contributed by atoms with Crippen molar-refractivity contribution in [3.63, 3.8) is 0 Å². The number of amides is 1. The largest absolute Gasteiger partial charge is 0.489 e. The molecule has 2 aliphatic heterocycles. The predicted molar refractivity (Wildman–Crippen MR) is 122 cm³/mol. The quantitative estimate of drug-likeness (QED) is 0.460. The number of aliphatic hydroxyl groups is 1. The zero-order valence-electron chi connectivity index (χ0n) is 18.9. The van der Waals surface area contributed by atoms with E-state index in [0.29, 0.717) is 49.9 Å². The molecular weight excluding hydrogens is 434 g/mol. The van der Waals surface area contributed by atoms with Crippen LogP contribution in [0.25, 0.3) is 0 Å².